The number of benzene rings is 1. The van der Waals surface area contributed by atoms with E-state index in [1.54, 1.807) is 4.90 Å². The second-order valence-corrected chi connectivity index (χ2v) is 7.34. The molecule has 3 amide bonds. The lowest BCUT2D eigenvalue weighted by Gasteiger charge is -2.30. The minimum Gasteiger partial charge on any atom is -0.299 e. The van der Waals surface area contributed by atoms with Crippen LogP contribution in [0, 0.1) is 0 Å². The molecule has 0 spiro atoms. The van der Waals surface area contributed by atoms with Gasteiger partial charge in [-0.2, -0.15) is 0 Å². The van der Waals surface area contributed by atoms with Crippen LogP contribution >= 0.6 is 0 Å². The Kier molecular flexibility index (Phi) is 3.48. The molecular weight excluding hydrogens is 304 g/mol. The van der Waals surface area contributed by atoms with Crippen LogP contribution < -0.4 is 10.2 Å². The quantitative estimate of drug-likeness (QED) is 0.849. The van der Waals surface area contributed by atoms with Gasteiger partial charge in [-0.1, -0.05) is 19.9 Å². The number of hydrogen-bond acceptors (Lipinski definition) is 3. The van der Waals surface area contributed by atoms with Gasteiger partial charge in [0.15, 0.2) is 0 Å². The van der Waals surface area contributed by atoms with E-state index in [-0.39, 0.29) is 30.1 Å². The molecule has 0 saturated carbocycles. The average molecular weight is 326 g/mol. The van der Waals surface area contributed by atoms with Crippen LogP contribution in [0.1, 0.15) is 68.1 Å². The van der Waals surface area contributed by atoms with E-state index in [4.69, 9.17) is 0 Å². The maximum atomic E-state index is 13.0. The summed E-state index contributed by atoms with van der Waals surface area (Å²) in [5.41, 5.74) is 4.65. The number of carbonyl (C=O) groups excluding carboxylic acids is 3. The van der Waals surface area contributed by atoms with Crippen LogP contribution in [0.3, 0.4) is 0 Å². The van der Waals surface area contributed by atoms with Gasteiger partial charge in [0, 0.05) is 12.1 Å². The normalized spacial score (nSPS) is 26.0. The van der Waals surface area contributed by atoms with Crippen LogP contribution in [0.15, 0.2) is 12.1 Å². The molecule has 0 radical (unpaired) electrons. The molecule has 4 rings (SSSR count). The van der Waals surface area contributed by atoms with Crippen LogP contribution in [-0.2, 0) is 20.8 Å². The molecule has 3 aliphatic rings. The maximum absolute atomic E-state index is 13.0. The van der Waals surface area contributed by atoms with Crippen molar-refractivity contribution >= 4 is 23.4 Å². The number of imide groups is 1. The fourth-order valence-corrected chi connectivity index (χ4v) is 4.50. The van der Waals surface area contributed by atoms with Crippen molar-refractivity contribution < 1.29 is 14.4 Å². The number of carbonyl (C=O) groups is 3. The lowest BCUT2D eigenvalue weighted by Crippen LogP contribution is -2.53. The summed E-state index contributed by atoms with van der Waals surface area (Å²) in [5, 5.41) is 2.38. The number of hydrogen-bond donors (Lipinski definition) is 1. The predicted octanol–water partition coefficient (Wildman–Crippen LogP) is 2.38. The Labute approximate surface area is 141 Å². The summed E-state index contributed by atoms with van der Waals surface area (Å²) in [6.07, 6.45) is 3.56. The van der Waals surface area contributed by atoms with Gasteiger partial charge in [-0.05, 0) is 54.4 Å². The summed E-state index contributed by atoms with van der Waals surface area (Å²) < 4.78 is 0. The molecule has 1 aromatic carbocycles. The standard InChI is InChI=1S/C19H22N2O3/c1-10(2)11-6-7-14-17-12(11)4-3-5-13(17)19(24)21(14)15-8-9-16(22)20-18(15)23/h6-7,10,13,15H,3-5,8-9H2,1-2H3,(H,20,22,23). The molecule has 2 unspecified atom stereocenters. The zero-order valence-electron chi connectivity index (χ0n) is 14.1. The Hall–Kier alpha value is -2.17. The largest absolute Gasteiger partial charge is 0.299 e. The molecule has 1 saturated heterocycles. The van der Waals surface area contributed by atoms with Gasteiger partial charge in [-0.3, -0.25) is 24.6 Å². The predicted molar refractivity (Wildman–Crippen MR) is 89.9 cm³/mol. The summed E-state index contributed by atoms with van der Waals surface area (Å²) in [5.74, 6) is -0.266. The van der Waals surface area contributed by atoms with Crippen molar-refractivity contribution in [2.75, 3.05) is 4.90 Å². The third kappa shape index (κ3) is 2.10. The minimum atomic E-state index is -0.560. The highest BCUT2D eigenvalue weighted by Crippen LogP contribution is 2.48. The lowest BCUT2D eigenvalue weighted by atomic mass is 9.79. The van der Waals surface area contributed by atoms with Gasteiger partial charge in [0.2, 0.25) is 17.7 Å². The fourth-order valence-electron chi connectivity index (χ4n) is 4.50. The van der Waals surface area contributed by atoms with Crippen LogP contribution in [0.4, 0.5) is 5.69 Å². The third-order valence-electron chi connectivity index (χ3n) is 5.58. The van der Waals surface area contributed by atoms with Crippen LogP contribution in [0.25, 0.3) is 0 Å². The van der Waals surface area contributed by atoms with E-state index in [1.807, 2.05) is 6.07 Å². The molecule has 1 N–H and O–H groups in total. The van der Waals surface area contributed by atoms with Crippen molar-refractivity contribution in [1.29, 1.82) is 0 Å². The van der Waals surface area contributed by atoms with Crippen LogP contribution in [0.5, 0.6) is 0 Å². The van der Waals surface area contributed by atoms with Crippen LogP contribution in [0.2, 0.25) is 0 Å². The molecule has 1 aromatic rings. The average Bonchev–Trinajstić information content (AvgIpc) is 2.82. The van der Waals surface area contributed by atoms with E-state index in [9.17, 15) is 14.4 Å². The van der Waals surface area contributed by atoms with E-state index in [2.05, 4.69) is 25.2 Å². The van der Waals surface area contributed by atoms with Crippen molar-refractivity contribution in [1.82, 2.24) is 5.32 Å². The Morgan fingerprint density at radius 1 is 1.12 bits per heavy atom. The molecule has 2 heterocycles. The molecule has 5 heteroatoms. The maximum Gasteiger partial charge on any atom is 0.249 e. The Balaban J connectivity index is 1.81. The summed E-state index contributed by atoms with van der Waals surface area (Å²) in [6, 6.07) is 3.55. The summed E-state index contributed by atoms with van der Waals surface area (Å²) >= 11 is 0. The highest BCUT2D eigenvalue weighted by Gasteiger charge is 2.46. The number of amides is 3. The molecule has 0 aromatic heterocycles. The van der Waals surface area contributed by atoms with E-state index < -0.39 is 6.04 Å². The Morgan fingerprint density at radius 2 is 1.92 bits per heavy atom. The van der Waals surface area contributed by atoms with Crippen molar-refractivity contribution in [3.05, 3.63) is 28.8 Å². The third-order valence-corrected chi connectivity index (χ3v) is 5.58. The first-order chi connectivity index (χ1) is 11.5. The first-order valence-corrected chi connectivity index (χ1v) is 8.81. The first kappa shape index (κ1) is 15.4. The van der Waals surface area contributed by atoms with Crippen LogP contribution in [-0.4, -0.2) is 23.8 Å². The number of rotatable bonds is 2. The van der Waals surface area contributed by atoms with Crippen molar-refractivity contribution in [2.24, 2.45) is 0 Å². The van der Waals surface area contributed by atoms with Gasteiger partial charge in [0.05, 0.1) is 5.92 Å². The number of nitrogens with zero attached hydrogens (tertiary/aromatic N) is 1. The molecule has 1 fully saturated rings. The van der Waals surface area contributed by atoms with E-state index in [1.165, 1.54) is 11.1 Å². The van der Waals surface area contributed by atoms with E-state index >= 15 is 0 Å². The van der Waals surface area contributed by atoms with Crippen molar-refractivity contribution in [3.8, 4) is 0 Å². The van der Waals surface area contributed by atoms with Gasteiger partial charge >= 0.3 is 0 Å². The molecular formula is C19H22N2O3. The molecule has 2 atom stereocenters. The second kappa shape index (κ2) is 5.43. The number of nitrogens with one attached hydrogen (secondary N) is 1. The van der Waals surface area contributed by atoms with Crippen molar-refractivity contribution in [3.63, 3.8) is 0 Å². The van der Waals surface area contributed by atoms with Gasteiger partial charge in [-0.15, -0.1) is 0 Å². The molecule has 5 nitrogen and oxygen atoms in total. The molecule has 2 aliphatic heterocycles. The van der Waals surface area contributed by atoms with E-state index in [0.29, 0.717) is 12.3 Å². The minimum absolute atomic E-state index is 0.0290. The molecule has 0 bridgehead atoms. The first-order valence-electron chi connectivity index (χ1n) is 8.81. The zero-order valence-corrected chi connectivity index (χ0v) is 14.1. The SMILES string of the molecule is CC(C)c1ccc2c3c1CCCC3C(=O)N2C1CCC(=O)NC1=O. The molecule has 126 valence electrons. The van der Waals surface area contributed by atoms with E-state index in [0.717, 1.165) is 30.5 Å². The topological polar surface area (TPSA) is 66.5 Å². The summed E-state index contributed by atoms with van der Waals surface area (Å²) in [7, 11) is 0. The lowest BCUT2D eigenvalue weighted by molar-refractivity contribution is -0.135. The summed E-state index contributed by atoms with van der Waals surface area (Å²) in [6.45, 7) is 4.35. The van der Waals surface area contributed by atoms with Gasteiger partial charge < -0.3 is 0 Å². The smallest absolute Gasteiger partial charge is 0.249 e. The molecule has 1 aliphatic carbocycles. The van der Waals surface area contributed by atoms with Crippen molar-refractivity contribution in [2.45, 2.75) is 63.8 Å². The Bertz CT molecular complexity index is 753. The highest BCUT2D eigenvalue weighted by molar-refractivity contribution is 6.12. The second-order valence-electron chi connectivity index (χ2n) is 7.34. The van der Waals surface area contributed by atoms with Gasteiger partial charge in [0.25, 0.3) is 0 Å². The highest BCUT2D eigenvalue weighted by atomic mass is 16.2. The number of piperidine rings is 1. The Morgan fingerprint density at radius 3 is 2.62 bits per heavy atom. The number of anilines is 1. The van der Waals surface area contributed by atoms with Gasteiger partial charge in [0.1, 0.15) is 6.04 Å². The fraction of sp³-hybridized carbons (Fsp3) is 0.526. The molecule has 24 heavy (non-hydrogen) atoms. The summed E-state index contributed by atoms with van der Waals surface area (Å²) in [4.78, 5) is 38.4. The van der Waals surface area contributed by atoms with Gasteiger partial charge in [-0.25, -0.2) is 0 Å². The monoisotopic (exact) mass is 326 g/mol. The zero-order chi connectivity index (χ0) is 17.0.